The molecule has 0 amide bonds. The number of aliphatic hydroxyl groups excluding tert-OH is 1. The van der Waals surface area contributed by atoms with E-state index in [0.29, 0.717) is 15.6 Å². The molecule has 0 aliphatic carbocycles. The van der Waals surface area contributed by atoms with Gasteiger partial charge >= 0.3 is 6.18 Å². The molecule has 2 rings (SSSR count). The van der Waals surface area contributed by atoms with Crippen molar-refractivity contribution in [3.63, 3.8) is 0 Å². The van der Waals surface area contributed by atoms with Crippen molar-refractivity contribution in [1.29, 1.82) is 0 Å². The maximum Gasteiger partial charge on any atom is 0.416 e. The number of benzene rings is 2. The van der Waals surface area contributed by atoms with Crippen LogP contribution in [0.5, 0.6) is 0 Å². The topological polar surface area (TPSA) is 20.2 Å². The van der Waals surface area contributed by atoms with E-state index in [1.54, 1.807) is 6.07 Å². The van der Waals surface area contributed by atoms with Crippen LogP contribution >= 0.6 is 15.9 Å². The molecule has 0 saturated heterocycles. The van der Waals surface area contributed by atoms with Crippen molar-refractivity contribution >= 4 is 15.9 Å². The standard InChI is InChI=1S/C15H11BrF4O/c16-12-6-3-10(13(17)8-12)7-14(21)9-1-4-11(5-2-9)15(18,19)20/h1-6,8,14,21H,7H2. The zero-order valence-corrected chi connectivity index (χ0v) is 12.2. The monoisotopic (exact) mass is 362 g/mol. The Morgan fingerprint density at radius 1 is 1.05 bits per heavy atom. The number of hydrogen-bond acceptors (Lipinski definition) is 1. The van der Waals surface area contributed by atoms with Gasteiger partial charge in [0.25, 0.3) is 0 Å². The Balaban J connectivity index is 2.15. The van der Waals surface area contributed by atoms with E-state index in [4.69, 9.17) is 0 Å². The van der Waals surface area contributed by atoms with Gasteiger partial charge in [-0.05, 0) is 35.4 Å². The number of alkyl halides is 3. The van der Waals surface area contributed by atoms with E-state index in [2.05, 4.69) is 15.9 Å². The Morgan fingerprint density at radius 3 is 2.19 bits per heavy atom. The van der Waals surface area contributed by atoms with Crippen molar-refractivity contribution in [2.24, 2.45) is 0 Å². The van der Waals surface area contributed by atoms with Crippen LogP contribution < -0.4 is 0 Å². The SMILES string of the molecule is OC(Cc1ccc(Br)cc1F)c1ccc(C(F)(F)F)cc1. The highest BCUT2D eigenvalue weighted by atomic mass is 79.9. The Bertz CT molecular complexity index is 623. The van der Waals surface area contributed by atoms with Gasteiger partial charge in [0, 0.05) is 10.9 Å². The zero-order valence-electron chi connectivity index (χ0n) is 10.7. The molecule has 0 bridgehead atoms. The lowest BCUT2D eigenvalue weighted by Crippen LogP contribution is -2.07. The van der Waals surface area contributed by atoms with Gasteiger partial charge < -0.3 is 5.11 Å². The highest BCUT2D eigenvalue weighted by Gasteiger charge is 2.30. The molecule has 1 N–H and O–H groups in total. The third-order valence-corrected chi connectivity index (χ3v) is 3.54. The summed E-state index contributed by atoms with van der Waals surface area (Å²) in [6, 6.07) is 8.63. The van der Waals surface area contributed by atoms with Crippen molar-refractivity contribution in [2.45, 2.75) is 18.7 Å². The van der Waals surface area contributed by atoms with Gasteiger partial charge in [-0.3, -0.25) is 0 Å². The summed E-state index contributed by atoms with van der Waals surface area (Å²) >= 11 is 3.12. The molecule has 1 nitrogen and oxygen atoms in total. The highest BCUT2D eigenvalue weighted by Crippen LogP contribution is 2.30. The van der Waals surface area contributed by atoms with Crippen LogP contribution in [0.1, 0.15) is 22.8 Å². The van der Waals surface area contributed by atoms with Gasteiger partial charge in [-0.15, -0.1) is 0 Å². The van der Waals surface area contributed by atoms with Gasteiger partial charge in [-0.25, -0.2) is 4.39 Å². The van der Waals surface area contributed by atoms with E-state index < -0.39 is 23.7 Å². The molecule has 0 aliphatic heterocycles. The van der Waals surface area contributed by atoms with Crippen molar-refractivity contribution in [2.75, 3.05) is 0 Å². The molecule has 0 fully saturated rings. The lowest BCUT2D eigenvalue weighted by Gasteiger charge is -2.13. The molecular weight excluding hydrogens is 352 g/mol. The van der Waals surface area contributed by atoms with Gasteiger partial charge in [0.15, 0.2) is 0 Å². The number of hydrogen-bond donors (Lipinski definition) is 1. The van der Waals surface area contributed by atoms with Gasteiger partial charge in [-0.2, -0.15) is 13.2 Å². The minimum Gasteiger partial charge on any atom is -0.388 e. The molecule has 0 saturated carbocycles. The molecule has 0 heterocycles. The summed E-state index contributed by atoms with van der Waals surface area (Å²) in [5.41, 5.74) is -0.177. The Labute approximate surface area is 127 Å². The molecule has 1 atom stereocenters. The molecule has 0 aliphatic rings. The maximum atomic E-state index is 13.7. The summed E-state index contributed by atoms with van der Waals surface area (Å²) < 4.78 is 51.6. The molecule has 0 radical (unpaired) electrons. The predicted octanol–water partition coefficient (Wildman–Crippen LogP) is 4.88. The third kappa shape index (κ3) is 4.04. The first-order valence-electron chi connectivity index (χ1n) is 6.06. The maximum absolute atomic E-state index is 13.7. The Kier molecular flexibility index (Phi) is 4.68. The first-order valence-corrected chi connectivity index (χ1v) is 6.86. The van der Waals surface area contributed by atoms with Gasteiger partial charge in [-0.1, -0.05) is 34.1 Å². The molecule has 21 heavy (non-hydrogen) atoms. The lowest BCUT2D eigenvalue weighted by molar-refractivity contribution is -0.137. The zero-order chi connectivity index (χ0) is 15.6. The van der Waals surface area contributed by atoms with Crippen LogP contribution in [0.2, 0.25) is 0 Å². The van der Waals surface area contributed by atoms with Crippen molar-refractivity contribution < 1.29 is 22.7 Å². The van der Waals surface area contributed by atoms with Crippen molar-refractivity contribution in [3.8, 4) is 0 Å². The first kappa shape index (κ1) is 16.0. The van der Waals surface area contributed by atoms with E-state index in [9.17, 15) is 22.7 Å². The van der Waals surface area contributed by atoms with Crippen LogP contribution in [0, 0.1) is 5.82 Å². The fraction of sp³-hybridized carbons (Fsp3) is 0.200. The predicted molar refractivity (Wildman–Crippen MR) is 74.2 cm³/mol. The second-order valence-corrected chi connectivity index (χ2v) is 5.49. The molecule has 112 valence electrons. The fourth-order valence-electron chi connectivity index (χ4n) is 1.91. The summed E-state index contributed by atoms with van der Waals surface area (Å²) in [6.07, 6.45) is -5.49. The van der Waals surface area contributed by atoms with Gasteiger partial charge in [0.1, 0.15) is 5.82 Å². The van der Waals surface area contributed by atoms with Crippen molar-refractivity contribution in [1.82, 2.24) is 0 Å². The molecule has 2 aromatic rings. The smallest absolute Gasteiger partial charge is 0.388 e. The first-order chi connectivity index (χ1) is 9.77. The van der Waals surface area contributed by atoms with E-state index in [1.807, 2.05) is 0 Å². The minimum absolute atomic E-state index is 0.00945. The lowest BCUT2D eigenvalue weighted by atomic mass is 10.00. The largest absolute Gasteiger partial charge is 0.416 e. The second-order valence-electron chi connectivity index (χ2n) is 4.58. The van der Waals surface area contributed by atoms with Crippen molar-refractivity contribution in [3.05, 3.63) is 69.4 Å². The summed E-state index contributed by atoms with van der Waals surface area (Å²) in [5, 5.41) is 10.0. The molecule has 6 heteroatoms. The minimum atomic E-state index is -4.42. The molecular formula is C15H11BrF4O. The molecule has 2 aromatic carbocycles. The van der Waals surface area contributed by atoms with E-state index in [1.165, 1.54) is 24.3 Å². The normalized spacial score (nSPS) is 13.2. The fourth-order valence-corrected chi connectivity index (χ4v) is 2.24. The van der Waals surface area contributed by atoms with Crippen LogP contribution in [0.25, 0.3) is 0 Å². The average Bonchev–Trinajstić information content (AvgIpc) is 2.41. The molecule has 1 unspecified atom stereocenters. The summed E-state index contributed by atoms with van der Waals surface area (Å²) in [6.45, 7) is 0. The summed E-state index contributed by atoms with van der Waals surface area (Å²) in [4.78, 5) is 0. The van der Waals surface area contributed by atoms with E-state index in [-0.39, 0.29) is 6.42 Å². The molecule has 0 aromatic heterocycles. The number of rotatable bonds is 3. The van der Waals surface area contributed by atoms with Gasteiger partial charge in [0.05, 0.1) is 11.7 Å². The second kappa shape index (κ2) is 6.15. The number of halogens is 5. The highest BCUT2D eigenvalue weighted by molar-refractivity contribution is 9.10. The quantitative estimate of drug-likeness (QED) is 0.771. The third-order valence-electron chi connectivity index (χ3n) is 3.05. The van der Waals surface area contributed by atoms with Gasteiger partial charge in [0.2, 0.25) is 0 Å². The van der Waals surface area contributed by atoms with E-state index in [0.717, 1.165) is 12.1 Å². The van der Waals surface area contributed by atoms with Crippen LogP contribution in [-0.2, 0) is 12.6 Å². The van der Waals surface area contributed by atoms with Crippen LogP contribution in [0.3, 0.4) is 0 Å². The Morgan fingerprint density at radius 2 is 1.67 bits per heavy atom. The summed E-state index contributed by atoms with van der Waals surface area (Å²) in [5.74, 6) is -0.477. The van der Waals surface area contributed by atoms with Crippen LogP contribution in [-0.4, -0.2) is 5.11 Å². The van der Waals surface area contributed by atoms with Crippen LogP contribution in [0.15, 0.2) is 46.9 Å². The number of aliphatic hydroxyl groups is 1. The van der Waals surface area contributed by atoms with Crippen LogP contribution in [0.4, 0.5) is 17.6 Å². The van der Waals surface area contributed by atoms with E-state index >= 15 is 0 Å². The molecule has 0 spiro atoms. The Hall–Kier alpha value is -1.40. The summed E-state index contributed by atoms with van der Waals surface area (Å²) in [7, 11) is 0. The average molecular weight is 363 g/mol.